The van der Waals surface area contributed by atoms with E-state index in [4.69, 9.17) is 0 Å². The van der Waals surface area contributed by atoms with Gasteiger partial charge in [-0.1, -0.05) is 25.8 Å². The Hall–Kier alpha value is -0.350. The summed E-state index contributed by atoms with van der Waals surface area (Å²) in [7, 11) is 0. The zero-order chi connectivity index (χ0) is 11.9. The fraction of sp³-hybridized carbons (Fsp3) is 0.643. The largest absolute Gasteiger partial charge is 0.314 e. The van der Waals surface area contributed by atoms with Crippen molar-refractivity contribution in [2.45, 2.75) is 32.2 Å². The number of piperazine rings is 1. The van der Waals surface area contributed by atoms with Crippen LogP contribution >= 0.6 is 24.8 Å². The molecule has 1 aliphatic heterocycles. The molecule has 0 radical (unpaired) electrons. The molecule has 5 heteroatoms. The first-order chi connectivity index (χ1) is 8.42. The number of hydrogen-bond donors (Lipinski definition) is 1. The van der Waals surface area contributed by atoms with E-state index < -0.39 is 0 Å². The van der Waals surface area contributed by atoms with Crippen molar-refractivity contribution in [1.82, 2.24) is 15.2 Å². The first-order valence-electron chi connectivity index (χ1n) is 6.77. The summed E-state index contributed by atoms with van der Waals surface area (Å²) in [5.74, 6) is 0. The van der Waals surface area contributed by atoms with Gasteiger partial charge in [-0.05, 0) is 18.6 Å². The Labute approximate surface area is 129 Å². The molecule has 0 spiro atoms. The van der Waals surface area contributed by atoms with Gasteiger partial charge in [0, 0.05) is 32.4 Å². The Morgan fingerprint density at radius 2 is 2.00 bits per heavy atom. The minimum absolute atomic E-state index is 0. The van der Waals surface area contributed by atoms with E-state index in [0.29, 0.717) is 6.04 Å². The van der Waals surface area contributed by atoms with Crippen LogP contribution in [0.1, 0.15) is 37.9 Å². The van der Waals surface area contributed by atoms with E-state index in [1.54, 1.807) is 0 Å². The van der Waals surface area contributed by atoms with Crippen LogP contribution < -0.4 is 5.32 Å². The van der Waals surface area contributed by atoms with E-state index in [0.717, 1.165) is 26.2 Å². The Morgan fingerprint density at radius 1 is 1.26 bits per heavy atom. The Balaban J connectivity index is 0.00000162. The molecular formula is C14H25Cl2N3. The van der Waals surface area contributed by atoms with Gasteiger partial charge in [0.1, 0.15) is 0 Å². The van der Waals surface area contributed by atoms with E-state index in [1.807, 2.05) is 12.3 Å². The number of halogens is 2. The fourth-order valence-electron chi connectivity index (χ4n) is 2.48. The van der Waals surface area contributed by atoms with E-state index in [9.17, 15) is 0 Å². The summed E-state index contributed by atoms with van der Waals surface area (Å²) in [6, 6.07) is 6.78. The molecule has 1 fully saturated rings. The number of nitrogens with one attached hydrogen (secondary N) is 1. The van der Waals surface area contributed by atoms with Crippen LogP contribution in [0.15, 0.2) is 24.4 Å². The van der Waals surface area contributed by atoms with Crippen molar-refractivity contribution in [3.05, 3.63) is 30.1 Å². The molecule has 19 heavy (non-hydrogen) atoms. The average Bonchev–Trinajstić information content (AvgIpc) is 2.42. The molecule has 0 aromatic carbocycles. The number of rotatable bonds is 5. The molecule has 1 atom stereocenters. The van der Waals surface area contributed by atoms with Crippen LogP contribution in [0.25, 0.3) is 0 Å². The zero-order valence-electron chi connectivity index (χ0n) is 11.5. The monoisotopic (exact) mass is 305 g/mol. The van der Waals surface area contributed by atoms with Gasteiger partial charge in [0.2, 0.25) is 0 Å². The Bertz CT molecular complexity index is 316. The van der Waals surface area contributed by atoms with Gasteiger partial charge < -0.3 is 5.32 Å². The van der Waals surface area contributed by atoms with Crippen molar-refractivity contribution in [2.75, 3.05) is 26.2 Å². The lowest BCUT2D eigenvalue weighted by atomic mass is 10.0. The van der Waals surface area contributed by atoms with Gasteiger partial charge in [-0.3, -0.25) is 9.88 Å². The minimum Gasteiger partial charge on any atom is -0.314 e. The number of nitrogens with zero attached hydrogens (tertiary/aromatic N) is 2. The van der Waals surface area contributed by atoms with Crippen LogP contribution in [-0.2, 0) is 0 Å². The zero-order valence-corrected chi connectivity index (χ0v) is 13.2. The normalized spacial score (nSPS) is 17.1. The lowest BCUT2D eigenvalue weighted by Crippen LogP contribution is -2.45. The fourth-order valence-corrected chi connectivity index (χ4v) is 2.48. The van der Waals surface area contributed by atoms with Gasteiger partial charge in [0.05, 0.1) is 11.7 Å². The molecule has 1 saturated heterocycles. The SMILES string of the molecule is CCCC[C@H](c1ccccn1)N1CCNCC1.Cl.Cl. The number of aromatic nitrogens is 1. The van der Waals surface area contributed by atoms with Crippen molar-refractivity contribution in [3.8, 4) is 0 Å². The second kappa shape index (κ2) is 10.4. The predicted molar refractivity (Wildman–Crippen MR) is 85.4 cm³/mol. The first-order valence-corrected chi connectivity index (χ1v) is 6.77. The molecule has 1 aromatic heterocycles. The van der Waals surface area contributed by atoms with Crippen molar-refractivity contribution in [2.24, 2.45) is 0 Å². The van der Waals surface area contributed by atoms with Crippen LogP contribution in [0.4, 0.5) is 0 Å². The van der Waals surface area contributed by atoms with Gasteiger partial charge in [0.15, 0.2) is 0 Å². The molecule has 2 rings (SSSR count). The Kier molecular flexibility index (Phi) is 10.2. The number of unbranched alkanes of at least 4 members (excludes halogenated alkanes) is 1. The molecule has 0 amide bonds. The summed E-state index contributed by atoms with van der Waals surface area (Å²) in [6.07, 6.45) is 5.69. The maximum atomic E-state index is 4.55. The molecule has 1 aromatic rings. The molecular weight excluding hydrogens is 281 g/mol. The smallest absolute Gasteiger partial charge is 0.0575 e. The van der Waals surface area contributed by atoms with Gasteiger partial charge >= 0.3 is 0 Å². The summed E-state index contributed by atoms with van der Waals surface area (Å²) in [4.78, 5) is 7.12. The van der Waals surface area contributed by atoms with Gasteiger partial charge in [-0.2, -0.15) is 0 Å². The average molecular weight is 306 g/mol. The molecule has 0 bridgehead atoms. The maximum absolute atomic E-state index is 4.55. The van der Waals surface area contributed by atoms with E-state index in [1.165, 1.54) is 25.0 Å². The van der Waals surface area contributed by atoms with Gasteiger partial charge in [-0.15, -0.1) is 24.8 Å². The lowest BCUT2D eigenvalue weighted by Gasteiger charge is -2.34. The Morgan fingerprint density at radius 3 is 2.58 bits per heavy atom. The quantitative estimate of drug-likeness (QED) is 0.906. The molecule has 110 valence electrons. The topological polar surface area (TPSA) is 28.2 Å². The molecule has 0 saturated carbocycles. The summed E-state index contributed by atoms with van der Waals surface area (Å²) in [6.45, 7) is 6.76. The molecule has 0 aliphatic carbocycles. The summed E-state index contributed by atoms with van der Waals surface area (Å²) >= 11 is 0. The minimum atomic E-state index is 0. The van der Waals surface area contributed by atoms with Gasteiger partial charge in [-0.25, -0.2) is 0 Å². The van der Waals surface area contributed by atoms with Crippen molar-refractivity contribution < 1.29 is 0 Å². The van der Waals surface area contributed by atoms with Crippen LogP contribution in [-0.4, -0.2) is 36.1 Å². The van der Waals surface area contributed by atoms with Crippen LogP contribution in [0.3, 0.4) is 0 Å². The van der Waals surface area contributed by atoms with Crippen molar-refractivity contribution >= 4 is 24.8 Å². The highest BCUT2D eigenvalue weighted by Gasteiger charge is 2.22. The van der Waals surface area contributed by atoms with E-state index >= 15 is 0 Å². The van der Waals surface area contributed by atoms with Crippen molar-refractivity contribution in [3.63, 3.8) is 0 Å². The summed E-state index contributed by atoms with van der Waals surface area (Å²) < 4.78 is 0. The molecule has 3 nitrogen and oxygen atoms in total. The van der Waals surface area contributed by atoms with E-state index in [-0.39, 0.29) is 24.8 Å². The third-order valence-electron chi connectivity index (χ3n) is 3.45. The molecule has 1 aliphatic rings. The van der Waals surface area contributed by atoms with E-state index in [2.05, 4.69) is 34.3 Å². The highest BCUT2D eigenvalue weighted by atomic mass is 35.5. The maximum Gasteiger partial charge on any atom is 0.0575 e. The lowest BCUT2D eigenvalue weighted by molar-refractivity contribution is 0.160. The summed E-state index contributed by atoms with van der Waals surface area (Å²) in [5, 5.41) is 3.42. The highest BCUT2D eigenvalue weighted by molar-refractivity contribution is 5.85. The van der Waals surface area contributed by atoms with Gasteiger partial charge in [0.25, 0.3) is 0 Å². The second-order valence-electron chi connectivity index (χ2n) is 4.70. The van der Waals surface area contributed by atoms with Crippen LogP contribution in [0.5, 0.6) is 0 Å². The molecule has 2 heterocycles. The third kappa shape index (κ3) is 5.65. The molecule has 0 unspecified atom stereocenters. The number of hydrogen-bond acceptors (Lipinski definition) is 3. The molecule has 1 N–H and O–H groups in total. The summed E-state index contributed by atoms with van der Waals surface area (Å²) in [5.41, 5.74) is 1.24. The standard InChI is InChI=1S/C14H23N3.2ClH/c1-2-3-7-14(13-6-4-5-8-16-13)17-11-9-15-10-12-17;;/h4-6,8,14-15H,2-3,7,9-12H2,1H3;2*1H/t14-;;/m1../s1. The highest BCUT2D eigenvalue weighted by Crippen LogP contribution is 2.24. The number of pyridine rings is 1. The third-order valence-corrected chi connectivity index (χ3v) is 3.45. The predicted octanol–water partition coefficient (Wildman–Crippen LogP) is 3.06. The van der Waals surface area contributed by atoms with Crippen LogP contribution in [0.2, 0.25) is 0 Å². The first kappa shape index (κ1) is 18.7. The van der Waals surface area contributed by atoms with Crippen LogP contribution in [0, 0.1) is 0 Å². The second-order valence-corrected chi connectivity index (χ2v) is 4.70. The van der Waals surface area contributed by atoms with Crippen molar-refractivity contribution in [1.29, 1.82) is 0 Å².